The molecule has 0 bridgehead atoms. The number of phenols is 1. The van der Waals surface area contributed by atoms with Gasteiger partial charge in [0.2, 0.25) is 0 Å². The fourth-order valence-corrected chi connectivity index (χ4v) is 2.30. The molecule has 2 rings (SSSR count). The quantitative estimate of drug-likeness (QED) is 0.515. The SMILES string of the molecule is CN1CCC(C(O)c2cc(O)ccc2N)C1. The van der Waals surface area contributed by atoms with E-state index in [1.807, 2.05) is 7.05 Å². The maximum atomic E-state index is 10.2. The highest BCUT2D eigenvalue weighted by Gasteiger charge is 2.28. The Balaban J connectivity index is 2.20. The van der Waals surface area contributed by atoms with E-state index in [9.17, 15) is 10.2 Å². The second-order valence-electron chi connectivity index (χ2n) is 4.57. The molecular weight excluding hydrogens is 204 g/mol. The van der Waals surface area contributed by atoms with Gasteiger partial charge in [-0.1, -0.05) is 0 Å². The Morgan fingerprint density at radius 3 is 2.88 bits per heavy atom. The zero-order valence-electron chi connectivity index (χ0n) is 9.43. The molecule has 0 saturated carbocycles. The summed E-state index contributed by atoms with van der Waals surface area (Å²) in [5.74, 6) is 0.351. The summed E-state index contributed by atoms with van der Waals surface area (Å²) in [4.78, 5) is 2.19. The van der Waals surface area contributed by atoms with E-state index in [0.717, 1.165) is 19.5 Å². The molecule has 0 aliphatic carbocycles. The Labute approximate surface area is 95.3 Å². The second kappa shape index (κ2) is 4.31. The van der Waals surface area contributed by atoms with E-state index < -0.39 is 6.10 Å². The lowest BCUT2D eigenvalue weighted by Gasteiger charge is -2.20. The molecule has 2 atom stereocenters. The predicted molar refractivity (Wildman–Crippen MR) is 63.1 cm³/mol. The van der Waals surface area contributed by atoms with Crippen LogP contribution in [0.5, 0.6) is 5.75 Å². The predicted octanol–water partition coefficient (Wildman–Crippen LogP) is 0.960. The molecule has 1 aromatic carbocycles. The maximum absolute atomic E-state index is 10.2. The van der Waals surface area contributed by atoms with Crippen molar-refractivity contribution in [3.8, 4) is 5.75 Å². The first kappa shape index (κ1) is 11.2. The lowest BCUT2D eigenvalue weighted by molar-refractivity contribution is 0.113. The Bertz CT molecular complexity index is 381. The first-order chi connectivity index (χ1) is 7.58. The summed E-state index contributed by atoms with van der Waals surface area (Å²) in [5.41, 5.74) is 6.99. The molecule has 1 aromatic rings. The summed E-state index contributed by atoms with van der Waals surface area (Å²) in [6, 6.07) is 4.72. The van der Waals surface area contributed by atoms with Crippen LogP contribution in [0.4, 0.5) is 5.69 Å². The van der Waals surface area contributed by atoms with Crippen LogP contribution in [0.2, 0.25) is 0 Å². The van der Waals surface area contributed by atoms with Gasteiger partial charge < -0.3 is 20.8 Å². The average molecular weight is 222 g/mol. The smallest absolute Gasteiger partial charge is 0.116 e. The number of aliphatic hydroxyl groups is 1. The molecule has 0 amide bonds. The molecule has 88 valence electrons. The van der Waals surface area contributed by atoms with Crippen LogP contribution in [0.15, 0.2) is 18.2 Å². The zero-order valence-corrected chi connectivity index (χ0v) is 9.43. The van der Waals surface area contributed by atoms with E-state index in [2.05, 4.69) is 4.90 Å². The Hall–Kier alpha value is -1.26. The molecule has 1 saturated heterocycles. The van der Waals surface area contributed by atoms with Crippen molar-refractivity contribution in [2.75, 3.05) is 25.9 Å². The zero-order chi connectivity index (χ0) is 11.7. The van der Waals surface area contributed by atoms with Crippen molar-refractivity contribution in [2.24, 2.45) is 5.92 Å². The van der Waals surface area contributed by atoms with E-state index in [-0.39, 0.29) is 11.7 Å². The van der Waals surface area contributed by atoms with Gasteiger partial charge >= 0.3 is 0 Å². The number of nitrogens with two attached hydrogens (primary N) is 1. The van der Waals surface area contributed by atoms with E-state index in [4.69, 9.17) is 5.73 Å². The summed E-state index contributed by atoms with van der Waals surface area (Å²) in [5, 5.41) is 19.6. The van der Waals surface area contributed by atoms with Crippen LogP contribution in [0, 0.1) is 5.92 Å². The number of aliphatic hydroxyl groups excluding tert-OH is 1. The largest absolute Gasteiger partial charge is 0.508 e. The van der Waals surface area contributed by atoms with Crippen LogP contribution in [0.25, 0.3) is 0 Å². The molecule has 1 aliphatic rings. The number of likely N-dealkylation sites (tertiary alicyclic amines) is 1. The molecule has 2 unspecified atom stereocenters. The molecular formula is C12H18N2O2. The normalized spacial score (nSPS) is 23.5. The van der Waals surface area contributed by atoms with E-state index in [1.165, 1.54) is 6.07 Å². The molecule has 16 heavy (non-hydrogen) atoms. The summed E-state index contributed by atoms with van der Waals surface area (Å²) in [7, 11) is 2.04. The van der Waals surface area contributed by atoms with Gasteiger partial charge in [-0.25, -0.2) is 0 Å². The molecule has 0 aromatic heterocycles. The molecule has 1 aliphatic heterocycles. The highest BCUT2D eigenvalue weighted by molar-refractivity contribution is 5.51. The van der Waals surface area contributed by atoms with Gasteiger partial charge in [0, 0.05) is 23.7 Å². The van der Waals surface area contributed by atoms with Crippen LogP contribution in [0.3, 0.4) is 0 Å². The topological polar surface area (TPSA) is 69.7 Å². The van der Waals surface area contributed by atoms with Crippen LogP contribution >= 0.6 is 0 Å². The van der Waals surface area contributed by atoms with Crippen molar-refractivity contribution in [3.63, 3.8) is 0 Å². The van der Waals surface area contributed by atoms with Gasteiger partial charge in [-0.2, -0.15) is 0 Å². The Kier molecular flexibility index (Phi) is 3.03. The monoisotopic (exact) mass is 222 g/mol. The molecule has 0 radical (unpaired) electrons. The molecule has 0 spiro atoms. The van der Waals surface area contributed by atoms with E-state index in [1.54, 1.807) is 12.1 Å². The fraction of sp³-hybridized carbons (Fsp3) is 0.500. The van der Waals surface area contributed by atoms with Gasteiger partial charge in [0.25, 0.3) is 0 Å². The number of nitrogens with zero attached hydrogens (tertiary/aromatic N) is 1. The number of hydrogen-bond donors (Lipinski definition) is 3. The lowest BCUT2D eigenvalue weighted by atomic mass is 9.94. The minimum atomic E-state index is -0.586. The van der Waals surface area contributed by atoms with Crippen LogP contribution in [-0.2, 0) is 0 Å². The van der Waals surface area contributed by atoms with Gasteiger partial charge in [-0.3, -0.25) is 0 Å². The highest BCUT2D eigenvalue weighted by Crippen LogP contribution is 2.33. The number of aromatic hydroxyl groups is 1. The minimum absolute atomic E-state index is 0.148. The average Bonchev–Trinajstić information content (AvgIpc) is 2.67. The van der Waals surface area contributed by atoms with Crippen LogP contribution in [0.1, 0.15) is 18.1 Å². The van der Waals surface area contributed by atoms with Crippen molar-refractivity contribution < 1.29 is 10.2 Å². The molecule has 1 heterocycles. The molecule has 4 N–H and O–H groups in total. The first-order valence-electron chi connectivity index (χ1n) is 5.53. The fourth-order valence-electron chi connectivity index (χ4n) is 2.30. The van der Waals surface area contributed by atoms with E-state index in [0.29, 0.717) is 11.3 Å². The van der Waals surface area contributed by atoms with E-state index >= 15 is 0 Å². The molecule has 4 nitrogen and oxygen atoms in total. The highest BCUT2D eigenvalue weighted by atomic mass is 16.3. The number of rotatable bonds is 2. The van der Waals surface area contributed by atoms with Crippen molar-refractivity contribution >= 4 is 5.69 Å². The number of nitrogen functional groups attached to an aromatic ring is 1. The third-order valence-corrected chi connectivity index (χ3v) is 3.26. The minimum Gasteiger partial charge on any atom is -0.508 e. The van der Waals surface area contributed by atoms with Gasteiger partial charge in [0.15, 0.2) is 0 Å². The summed E-state index contributed by atoms with van der Waals surface area (Å²) >= 11 is 0. The van der Waals surface area contributed by atoms with Crippen molar-refractivity contribution in [1.82, 2.24) is 4.90 Å². The third kappa shape index (κ3) is 2.13. The van der Waals surface area contributed by atoms with Gasteiger partial charge in [-0.05, 0) is 38.2 Å². The molecule has 1 fully saturated rings. The number of hydrogen-bond acceptors (Lipinski definition) is 4. The Morgan fingerprint density at radius 2 is 2.25 bits per heavy atom. The summed E-state index contributed by atoms with van der Waals surface area (Å²) in [6.07, 6.45) is 0.379. The lowest BCUT2D eigenvalue weighted by Crippen LogP contribution is -2.19. The van der Waals surface area contributed by atoms with Crippen molar-refractivity contribution in [2.45, 2.75) is 12.5 Å². The van der Waals surface area contributed by atoms with Gasteiger partial charge in [0.1, 0.15) is 5.75 Å². The number of anilines is 1. The standard InChI is InChI=1S/C12H18N2O2/c1-14-5-4-8(7-14)12(16)10-6-9(15)2-3-11(10)13/h2-3,6,8,12,15-16H,4-5,7,13H2,1H3. The summed E-state index contributed by atoms with van der Waals surface area (Å²) < 4.78 is 0. The van der Waals surface area contributed by atoms with Gasteiger partial charge in [0.05, 0.1) is 6.10 Å². The Morgan fingerprint density at radius 1 is 1.50 bits per heavy atom. The van der Waals surface area contributed by atoms with Gasteiger partial charge in [-0.15, -0.1) is 0 Å². The number of phenolic OH excluding ortho intramolecular Hbond substituents is 1. The second-order valence-corrected chi connectivity index (χ2v) is 4.57. The maximum Gasteiger partial charge on any atom is 0.116 e. The van der Waals surface area contributed by atoms with Crippen LogP contribution < -0.4 is 5.73 Å². The van der Waals surface area contributed by atoms with Crippen molar-refractivity contribution in [1.29, 1.82) is 0 Å². The van der Waals surface area contributed by atoms with Crippen molar-refractivity contribution in [3.05, 3.63) is 23.8 Å². The third-order valence-electron chi connectivity index (χ3n) is 3.26. The molecule has 4 heteroatoms. The number of benzene rings is 1. The van der Waals surface area contributed by atoms with Crippen LogP contribution in [-0.4, -0.2) is 35.3 Å². The first-order valence-corrected chi connectivity index (χ1v) is 5.53. The summed E-state index contributed by atoms with van der Waals surface area (Å²) in [6.45, 7) is 1.87.